The minimum atomic E-state index is -0.222. The van der Waals surface area contributed by atoms with E-state index in [1.807, 2.05) is 19.1 Å². The van der Waals surface area contributed by atoms with E-state index in [1.54, 1.807) is 13.1 Å². The van der Waals surface area contributed by atoms with E-state index >= 15 is 0 Å². The Bertz CT molecular complexity index is 435. The normalized spacial score (nSPS) is 10.1. The number of hydrogen-bond acceptors (Lipinski definition) is 5. The molecule has 0 aromatic carbocycles. The lowest BCUT2D eigenvalue weighted by molar-refractivity contribution is -0.143. The lowest BCUT2D eigenvalue weighted by Gasteiger charge is -2.05. The quantitative estimate of drug-likeness (QED) is 0.451. The first-order valence-electron chi connectivity index (χ1n) is 6.59. The Morgan fingerprint density at radius 1 is 1.40 bits per heavy atom. The van der Waals surface area contributed by atoms with E-state index in [1.165, 1.54) is 11.8 Å². The number of ether oxygens (including phenoxy) is 1. The van der Waals surface area contributed by atoms with Crippen LogP contribution in [0, 0.1) is 6.92 Å². The third-order valence-electron chi connectivity index (χ3n) is 2.42. The van der Waals surface area contributed by atoms with Crippen LogP contribution in [0.4, 0.5) is 0 Å². The van der Waals surface area contributed by atoms with Crippen LogP contribution in [0.3, 0.4) is 0 Å². The van der Waals surface area contributed by atoms with Crippen LogP contribution in [-0.2, 0) is 14.3 Å². The fourth-order valence-corrected chi connectivity index (χ4v) is 2.10. The molecule has 0 spiro atoms. The van der Waals surface area contributed by atoms with E-state index in [0.29, 0.717) is 31.7 Å². The molecule has 0 aliphatic rings. The molecule has 0 atom stereocenters. The average molecular weight is 296 g/mol. The summed E-state index contributed by atoms with van der Waals surface area (Å²) in [6, 6.07) is 3.86. The predicted molar refractivity (Wildman–Crippen MR) is 78.6 cm³/mol. The van der Waals surface area contributed by atoms with Crippen molar-refractivity contribution < 1.29 is 14.3 Å². The molecule has 1 aromatic rings. The zero-order valence-corrected chi connectivity index (χ0v) is 12.7. The molecule has 0 aliphatic heterocycles. The zero-order valence-electron chi connectivity index (χ0n) is 11.8. The monoisotopic (exact) mass is 296 g/mol. The Morgan fingerprint density at radius 3 is 2.85 bits per heavy atom. The Labute approximate surface area is 123 Å². The van der Waals surface area contributed by atoms with Crippen LogP contribution in [0.1, 0.15) is 25.3 Å². The molecule has 0 unspecified atom stereocenters. The molecule has 110 valence electrons. The van der Waals surface area contributed by atoms with Gasteiger partial charge in [-0.15, -0.1) is 0 Å². The molecular formula is C14H20N2O3S. The first kappa shape index (κ1) is 16.5. The molecule has 0 saturated carbocycles. The van der Waals surface area contributed by atoms with Crippen LogP contribution in [0.2, 0.25) is 0 Å². The van der Waals surface area contributed by atoms with Crippen LogP contribution < -0.4 is 5.32 Å². The van der Waals surface area contributed by atoms with E-state index in [2.05, 4.69) is 10.3 Å². The number of carbonyl (C=O) groups is 2. The Balaban J connectivity index is 2.11. The number of hydrogen-bond donors (Lipinski definition) is 1. The molecule has 1 N–H and O–H groups in total. The van der Waals surface area contributed by atoms with Gasteiger partial charge in [-0.2, -0.15) is 0 Å². The second-order valence-corrected chi connectivity index (χ2v) is 5.22. The standard InChI is InChI=1S/C14H20N2O3S/c1-3-19-14(18)5-4-8-15-12(17)10-20-13-7-6-11(2)9-16-13/h6-7,9H,3-5,8,10H2,1-2H3,(H,15,17). The third kappa shape index (κ3) is 7.13. The molecule has 0 bridgehead atoms. The van der Waals surface area contributed by atoms with Gasteiger partial charge in [-0.3, -0.25) is 9.59 Å². The van der Waals surface area contributed by atoms with Crippen LogP contribution in [0.25, 0.3) is 0 Å². The number of aromatic nitrogens is 1. The number of carbonyl (C=O) groups excluding carboxylic acids is 2. The van der Waals surface area contributed by atoms with Crippen molar-refractivity contribution >= 4 is 23.6 Å². The minimum absolute atomic E-state index is 0.0544. The highest BCUT2D eigenvalue weighted by atomic mass is 32.2. The fraction of sp³-hybridized carbons (Fsp3) is 0.500. The SMILES string of the molecule is CCOC(=O)CCCNC(=O)CSc1ccc(C)cn1. The Hall–Kier alpha value is -1.56. The van der Waals surface area contributed by atoms with Gasteiger partial charge in [0, 0.05) is 19.2 Å². The highest BCUT2D eigenvalue weighted by Crippen LogP contribution is 2.14. The fourth-order valence-electron chi connectivity index (χ4n) is 1.42. The largest absolute Gasteiger partial charge is 0.466 e. The summed E-state index contributed by atoms with van der Waals surface area (Å²) in [5.41, 5.74) is 1.10. The number of pyridine rings is 1. The molecule has 0 fully saturated rings. The summed E-state index contributed by atoms with van der Waals surface area (Å²) in [5.74, 6) is 0.0522. The molecule has 1 heterocycles. The molecule has 0 aliphatic carbocycles. The van der Waals surface area contributed by atoms with Crippen LogP contribution >= 0.6 is 11.8 Å². The molecule has 0 saturated heterocycles. The van der Waals surface area contributed by atoms with Gasteiger partial charge in [0.2, 0.25) is 5.91 Å². The smallest absolute Gasteiger partial charge is 0.305 e. The first-order chi connectivity index (χ1) is 9.61. The van der Waals surface area contributed by atoms with E-state index in [4.69, 9.17) is 4.74 Å². The number of rotatable bonds is 8. The lowest BCUT2D eigenvalue weighted by atomic mass is 10.3. The van der Waals surface area contributed by atoms with Crippen molar-refractivity contribution in [3.05, 3.63) is 23.9 Å². The molecule has 6 heteroatoms. The number of amides is 1. The zero-order chi connectivity index (χ0) is 14.8. The first-order valence-corrected chi connectivity index (χ1v) is 7.58. The van der Waals surface area contributed by atoms with E-state index in [-0.39, 0.29) is 11.9 Å². The van der Waals surface area contributed by atoms with Crippen LogP contribution in [0.15, 0.2) is 23.4 Å². The molecule has 1 rings (SSSR count). The maximum absolute atomic E-state index is 11.6. The summed E-state index contributed by atoms with van der Waals surface area (Å²) in [5, 5.41) is 3.60. The van der Waals surface area contributed by atoms with Gasteiger partial charge in [0.05, 0.1) is 17.4 Å². The van der Waals surface area contributed by atoms with Gasteiger partial charge in [0.25, 0.3) is 0 Å². The van der Waals surface area contributed by atoms with Crippen molar-refractivity contribution in [2.45, 2.75) is 31.7 Å². The maximum atomic E-state index is 11.6. The van der Waals surface area contributed by atoms with Gasteiger partial charge in [-0.25, -0.2) is 4.98 Å². The second-order valence-electron chi connectivity index (χ2n) is 4.22. The van der Waals surface area contributed by atoms with Gasteiger partial charge in [-0.1, -0.05) is 17.8 Å². The van der Waals surface area contributed by atoms with Gasteiger partial charge in [0.1, 0.15) is 0 Å². The summed E-state index contributed by atoms with van der Waals surface area (Å²) in [4.78, 5) is 26.9. The number of nitrogens with one attached hydrogen (secondary N) is 1. The Morgan fingerprint density at radius 2 is 2.20 bits per heavy atom. The molecule has 1 aromatic heterocycles. The summed E-state index contributed by atoms with van der Waals surface area (Å²) in [6.07, 6.45) is 2.71. The molecule has 1 amide bonds. The van der Waals surface area contributed by atoms with Crippen molar-refractivity contribution in [3.8, 4) is 0 Å². The average Bonchev–Trinajstić information content (AvgIpc) is 2.43. The third-order valence-corrected chi connectivity index (χ3v) is 3.36. The van der Waals surface area contributed by atoms with Crippen LogP contribution in [-0.4, -0.2) is 35.8 Å². The Kier molecular flexibility index (Phi) is 7.72. The van der Waals surface area contributed by atoms with Crippen molar-refractivity contribution in [2.75, 3.05) is 18.9 Å². The van der Waals surface area contributed by atoms with Crippen molar-refractivity contribution in [1.29, 1.82) is 0 Å². The number of thioether (sulfide) groups is 1. The van der Waals surface area contributed by atoms with Crippen molar-refractivity contribution in [2.24, 2.45) is 0 Å². The summed E-state index contributed by atoms with van der Waals surface area (Å²) in [6.45, 7) is 4.62. The highest BCUT2D eigenvalue weighted by Gasteiger charge is 2.05. The maximum Gasteiger partial charge on any atom is 0.305 e. The van der Waals surface area contributed by atoms with Gasteiger partial charge >= 0.3 is 5.97 Å². The van der Waals surface area contributed by atoms with Gasteiger partial charge in [-0.05, 0) is 31.9 Å². The topological polar surface area (TPSA) is 68.3 Å². The lowest BCUT2D eigenvalue weighted by Crippen LogP contribution is -2.26. The predicted octanol–water partition coefficient (Wildman–Crippen LogP) is 1.94. The summed E-state index contributed by atoms with van der Waals surface area (Å²) >= 11 is 1.39. The summed E-state index contributed by atoms with van der Waals surface area (Å²) in [7, 11) is 0. The molecular weight excluding hydrogens is 276 g/mol. The molecule has 20 heavy (non-hydrogen) atoms. The minimum Gasteiger partial charge on any atom is -0.466 e. The van der Waals surface area contributed by atoms with Crippen molar-refractivity contribution in [3.63, 3.8) is 0 Å². The van der Waals surface area contributed by atoms with E-state index in [0.717, 1.165) is 10.6 Å². The number of aryl methyl sites for hydroxylation is 1. The van der Waals surface area contributed by atoms with Crippen molar-refractivity contribution in [1.82, 2.24) is 10.3 Å². The van der Waals surface area contributed by atoms with Crippen LogP contribution in [0.5, 0.6) is 0 Å². The highest BCUT2D eigenvalue weighted by molar-refractivity contribution is 7.99. The number of nitrogens with zero attached hydrogens (tertiary/aromatic N) is 1. The van der Waals surface area contributed by atoms with Gasteiger partial charge in [0.15, 0.2) is 0 Å². The molecule has 0 radical (unpaired) electrons. The second kappa shape index (κ2) is 9.36. The van der Waals surface area contributed by atoms with E-state index in [9.17, 15) is 9.59 Å². The molecule has 5 nitrogen and oxygen atoms in total. The number of esters is 1. The van der Waals surface area contributed by atoms with Gasteiger partial charge < -0.3 is 10.1 Å². The van der Waals surface area contributed by atoms with E-state index < -0.39 is 0 Å². The summed E-state index contributed by atoms with van der Waals surface area (Å²) < 4.78 is 4.80.